The molecule has 4 rings (SSSR count). The van der Waals surface area contributed by atoms with Gasteiger partial charge in [0.05, 0.1) is 5.56 Å². The van der Waals surface area contributed by atoms with Gasteiger partial charge in [0.1, 0.15) is 0 Å². The van der Waals surface area contributed by atoms with Crippen molar-refractivity contribution in [3.63, 3.8) is 0 Å². The van der Waals surface area contributed by atoms with Crippen molar-refractivity contribution in [2.45, 2.75) is 32.2 Å². The highest BCUT2D eigenvalue weighted by Gasteiger charge is 2.21. The van der Waals surface area contributed by atoms with Gasteiger partial charge >= 0.3 is 5.97 Å². The summed E-state index contributed by atoms with van der Waals surface area (Å²) in [6.45, 7) is 5.15. The third-order valence-electron chi connectivity index (χ3n) is 5.73. The lowest BCUT2D eigenvalue weighted by Gasteiger charge is -2.33. The standard InChI is InChI=1S/C25H26N2O2/c1-18-15-21(12-13-26-18)22-5-4-14-27(17-22)16-19-8-10-20(11-9-19)23-6-2-3-7-24(23)25(28)29/h2-3,6-13,15,22H,4-5,14,16-17H2,1H3,(H,28,29)/t22-/m0/s1. The first kappa shape index (κ1) is 19.3. The predicted molar refractivity (Wildman–Crippen MR) is 115 cm³/mol. The lowest BCUT2D eigenvalue weighted by atomic mass is 9.90. The van der Waals surface area contributed by atoms with E-state index in [1.165, 1.54) is 24.0 Å². The minimum Gasteiger partial charge on any atom is -0.478 e. The number of aryl methyl sites for hydroxylation is 1. The number of piperidine rings is 1. The molecule has 3 aromatic rings. The van der Waals surface area contributed by atoms with E-state index in [-0.39, 0.29) is 0 Å². The van der Waals surface area contributed by atoms with Gasteiger partial charge < -0.3 is 5.11 Å². The van der Waals surface area contributed by atoms with Gasteiger partial charge in [-0.25, -0.2) is 4.79 Å². The Morgan fingerprint density at radius 2 is 1.93 bits per heavy atom. The molecule has 0 radical (unpaired) electrons. The second kappa shape index (κ2) is 8.58. The number of hydrogen-bond donors (Lipinski definition) is 1. The smallest absolute Gasteiger partial charge is 0.336 e. The zero-order valence-corrected chi connectivity index (χ0v) is 16.7. The van der Waals surface area contributed by atoms with Crippen molar-refractivity contribution in [1.82, 2.24) is 9.88 Å². The molecule has 0 saturated carbocycles. The SMILES string of the molecule is Cc1cc([C@H]2CCCN(Cc3ccc(-c4ccccc4C(=O)O)cc3)C2)ccn1. The van der Waals surface area contributed by atoms with E-state index in [0.717, 1.165) is 36.5 Å². The Bertz CT molecular complexity index is 998. The molecule has 4 nitrogen and oxygen atoms in total. The van der Waals surface area contributed by atoms with Gasteiger partial charge in [0, 0.05) is 25.0 Å². The summed E-state index contributed by atoms with van der Waals surface area (Å²) in [6, 6.07) is 19.8. The zero-order valence-electron chi connectivity index (χ0n) is 16.7. The first-order chi connectivity index (χ1) is 14.1. The summed E-state index contributed by atoms with van der Waals surface area (Å²) in [6.07, 6.45) is 4.35. The average molecular weight is 386 g/mol. The lowest BCUT2D eigenvalue weighted by molar-refractivity contribution is 0.0697. The van der Waals surface area contributed by atoms with Crippen LogP contribution in [0.3, 0.4) is 0 Å². The van der Waals surface area contributed by atoms with Crippen LogP contribution in [0, 0.1) is 6.92 Å². The monoisotopic (exact) mass is 386 g/mol. The molecule has 0 bridgehead atoms. The van der Waals surface area contributed by atoms with E-state index in [1.54, 1.807) is 12.1 Å². The van der Waals surface area contributed by atoms with E-state index >= 15 is 0 Å². The fraction of sp³-hybridized carbons (Fsp3) is 0.280. The summed E-state index contributed by atoms with van der Waals surface area (Å²) in [4.78, 5) is 18.3. The molecule has 1 fully saturated rings. The predicted octanol–water partition coefficient (Wildman–Crippen LogP) is 5.13. The van der Waals surface area contributed by atoms with Crippen molar-refractivity contribution >= 4 is 5.97 Å². The highest BCUT2D eigenvalue weighted by Crippen LogP contribution is 2.29. The number of likely N-dealkylation sites (tertiary alicyclic amines) is 1. The number of carboxylic acid groups (broad SMARTS) is 1. The fourth-order valence-corrected chi connectivity index (χ4v) is 4.26. The molecular formula is C25H26N2O2. The van der Waals surface area contributed by atoms with Gasteiger partial charge in [0.2, 0.25) is 0 Å². The number of nitrogens with zero attached hydrogens (tertiary/aromatic N) is 2. The topological polar surface area (TPSA) is 53.4 Å². The van der Waals surface area contributed by atoms with Crippen molar-refractivity contribution in [3.8, 4) is 11.1 Å². The fourth-order valence-electron chi connectivity index (χ4n) is 4.26. The van der Waals surface area contributed by atoms with Crippen molar-refractivity contribution < 1.29 is 9.90 Å². The molecule has 0 unspecified atom stereocenters. The molecule has 0 amide bonds. The first-order valence-corrected chi connectivity index (χ1v) is 10.2. The van der Waals surface area contributed by atoms with E-state index in [0.29, 0.717) is 11.5 Å². The molecule has 2 aromatic carbocycles. The first-order valence-electron chi connectivity index (χ1n) is 10.2. The average Bonchev–Trinajstić information content (AvgIpc) is 2.74. The Hall–Kier alpha value is -2.98. The van der Waals surface area contributed by atoms with Crippen LogP contribution in [-0.4, -0.2) is 34.0 Å². The molecule has 1 saturated heterocycles. The normalized spacial score (nSPS) is 17.2. The summed E-state index contributed by atoms with van der Waals surface area (Å²) in [5.41, 5.74) is 5.77. The molecule has 1 aliphatic heterocycles. The number of aromatic carboxylic acids is 1. The summed E-state index contributed by atoms with van der Waals surface area (Å²) < 4.78 is 0. The number of carboxylic acids is 1. The second-order valence-corrected chi connectivity index (χ2v) is 7.85. The summed E-state index contributed by atoms with van der Waals surface area (Å²) >= 11 is 0. The second-order valence-electron chi connectivity index (χ2n) is 7.85. The van der Waals surface area contributed by atoms with Gasteiger partial charge in [-0.3, -0.25) is 9.88 Å². The summed E-state index contributed by atoms with van der Waals surface area (Å²) in [7, 11) is 0. The molecule has 1 aliphatic rings. The van der Waals surface area contributed by atoms with E-state index in [9.17, 15) is 9.90 Å². The Labute approximate surface area is 171 Å². The van der Waals surface area contributed by atoms with E-state index < -0.39 is 5.97 Å². The number of benzene rings is 2. The Kier molecular flexibility index (Phi) is 5.72. The van der Waals surface area contributed by atoms with Crippen LogP contribution in [0.2, 0.25) is 0 Å². The zero-order chi connectivity index (χ0) is 20.2. The number of hydrogen-bond acceptors (Lipinski definition) is 3. The quantitative estimate of drug-likeness (QED) is 0.660. The van der Waals surface area contributed by atoms with Crippen molar-refractivity contribution in [2.75, 3.05) is 13.1 Å². The van der Waals surface area contributed by atoms with Gasteiger partial charge in [0.25, 0.3) is 0 Å². The Balaban J connectivity index is 1.46. The van der Waals surface area contributed by atoms with E-state index in [2.05, 4.69) is 34.1 Å². The van der Waals surface area contributed by atoms with Gasteiger partial charge in [-0.1, -0.05) is 42.5 Å². The van der Waals surface area contributed by atoms with Gasteiger partial charge in [-0.05, 0) is 72.7 Å². The molecule has 148 valence electrons. The lowest BCUT2D eigenvalue weighted by Crippen LogP contribution is -2.33. The molecule has 0 aliphatic carbocycles. The highest BCUT2D eigenvalue weighted by atomic mass is 16.4. The molecule has 2 heterocycles. The maximum Gasteiger partial charge on any atom is 0.336 e. The minimum absolute atomic E-state index is 0.340. The largest absolute Gasteiger partial charge is 0.478 e. The molecule has 1 N–H and O–H groups in total. The van der Waals surface area contributed by atoms with Crippen molar-refractivity contribution in [3.05, 3.63) is 89.2 Å². The number of carbonyl (C=O) groups is 1. The molecule has 1 aromatic heterocycles. The van der Waals surface area contributed by atoms with E-state index in [4.69, 9.17) is 0 Å². The highest BCUT2D eigenvalue weighted by molar-refractivity contribution is 5.95. The number of aromatic nitrogens is 1. The van der Waals surface area contributed by atoms with Crippen LogP contribution >= 0.6 is 0 Å². The molecular weight excluding hydrogens is 360 g/mol. The Morgan fingerprint density at radius 1 is 1.14 bits per heavy atom. The van der Waals surface area contributed by atoms with Crippen molar-refractivity contribution in [2.24, 2.45) is 0 Å². The van der Waals surface area contributed by atoms with Crippen LogP contribution in [0.15, 0.2) is 66.9 Å². The third-order valence-corrected chi connectivity index (χ3v) is 5.73. The van der Waals surface area contributed by atoms with Crippen LogP contribution in [-0.2, 0) is 6.54 Å². The number of rotatable bonds is 5. The van der Waals surface area contributed by atoms with Gasteiger partial charge in [-0.15, -0.1) is 0 Å². The Morgan fingerprint density at radius 3 is 2.69 bits per heavy atom. The maximum atomic E-state index is 11.5. The summed E-state index contributed by atoms with van der Waals surface area (Å²) in [5, 5.41) is 9.42. The molecule has 1 atom stereocenters. The van der Waals surface area contributed by atoms with E-state index in [1.807, 2.05) is 37.4 Å². The molecule has 4 heteroatoms. The minimum atomic E-state index is -0.893. The van der Waals surface area contributed by atoms with Gasteiger partial charge in [0.15, 0.2) is 0 Å². The van der Waals surface area contributed by atoms with Crippen LogP contribution in [0.4, 0.5) is 0 Å². The maximum absolute atomic E-state index is 11.5. The van der Waals surface area contributed by atoms with Crippen molar-refractivity contribution in [1.29, 1.82) is 0 Å². The van der Waals surface area contributed by atoms with Crippen LogP contribution in [0.1, 0.15) is 45.9 Å². The van der Waals surface area contributed by atoms with Crippen LogP contribution < -0.4 is 0 Å². The van der Waals surface area contributed by atoms with Crippen LogP contribution in [0.25, 0.3) is 11.1 Å². The summed E-state index contributed by atoms with van der Waals surface area (Å²) in [5.74, 6) is -0.331. The third kappa shape index (κ3) is 4.54. The van der Waals surface area contributed by atoms with Gasteiger partial charge in [-0.2, -0.15) is 0 Å². The number of pyridine rings is 1. The van der Waals surface area contributed by atoms with Crippen LogP contribution in [0.5, 0.6) is 0 Å². The molecule has 29 heavy (non-hydrogen) atoms. The molecule has 0 spiro atoms.